The molecule has 0 bridgehead atoms. The molecule has 5 nitrogen and oxygen atoms in total. The lowest BCUT2D eigenvalue weighted by molar-refractivity contribution is -0.137. The van der Waals surface area contributed by atoms with Crippen molar-refractivity contribution in [2.75, 3.05) is 0 Å². The van der Waals surface area contributed by atoms with Crippen LogP contribution in [0.3, 0.4) is 0 Å². The molecule has 0 amide bonds. The minimum Gasteiger partial charge on any atom is -0.291 e. The molecule has 0 aliphatic rings. The summed E-state index contributed by atoms with van der Waals surface area (Å²) in [5.41, 5.74) is 0.308. The van der Waals surface area contributed by atoms with Gasteiger partial charge in [0.1, 0.15) is 0 Å². The monoisotopic (exact) mass is 450 g/mol. The number of halogens is 3. The van der Waals surface area contributed by atoms with Gasteiger partial charge in [-0.05, 0) is 30.3 Å². The van der Waals surface area contributed by atoms with Crippen LogP contribution in [0.5, 0.6) is 0 Å². The Kier molecular flexibility index (Phi) is 5.46. The number of nitrogens with zero attached hydrogens (tertiary/aromatic N) is 4. The number of para-hydroxylation sites is 1. The van der Waals surface area contributed by atoms with Gasteiger partial charge in [-0.15, -0.1) is 10.2 Å². The van der Waals surface area contributed by atoms with Gasteiger partial charge in [0.15, 0.2) is 11.0 Å². The average molecular weight is 451 g/mol. The second kappa shape index (κ2) is 7.92. The number of hydrogen-bond donors (Lipinski definition) is 0. The van der Waals surface area contributed by atoms with Crippen LogP contribution in [0.4, 0.5) is 13.2 Å². The molecule has 0 N–H and O–H groups in total. The van der Waals surface area contributed by atoms with Gasteiger partial charge in [0.2, 0.25) is 0 Å². The molecule has 0 spiro atoms. The molecule has 4 rings (SSSR count). The van der Waals surface area contributed by atoms with Gasteiger partial charge >= 0.3 is 11.0 Å². The summed E-state index contributed by atoms with van der Waals surface area (Å²) in [7, 11) is 0. The van der Waals surface area contributed by atoms with Crippen LogP contribution in [-0.2, 0) is 12.7 Å². The number of rotatable bonds is 5. The van der Waals surface area contributed by atoms with Crippen molar-refractivity contribution in [2.24, 2.45) is 0 Å². The quantitative estimate of drug-likeness (QED) is 0.392. The second-order valence-electron chi connectivity index (χ2n) is 6.87. The SMILES string of the molecule is CC(C)Sc1nnc(Cn2c(=O)sc3ccccc32)n1-c1cccc(C(F)(F)F)c1. The van der Waals surface area contributed by atoms with Crippen LogP contribution in [0.25, 0.3) is 15.9 Å². The highest BCUT2D eigenvalue weighted by Crippen LogP contribution is 2.32. The molecule has 156 valence electrons. The minimum absolute atomic E-state index is 0.102. The summed E-state index contributed by atoms with van der Waals surface area (Å²) < 4.78 is 43.8. The predicted molar refractivity (Wildman–Crippen MR) is 113 cm³/mol. The molecule has 0 fully saturated rings. The molecule has 0 saturated heterocycles. The van der Waals surface area contributed by atoms with Gasteiger partial charge in [0, 0.05) is 5.25 Å². The molecule has 0 saturated carbocycles. The molecule has 2 heterocycles. The minimum atomic E-state index is -4.46. The zero-order valence-electron chi connectivity index (χ0n) is 16.1. The molecule has 10 heteroatoms. The Morgan fingerprint density at radius 3 is 2.60 bits per heavy atom. The first-order chi connectivity index (χ1) is 14.2. The van der Waals surface area contributed by atoms with E-state index in [1.165, 1.54) is 17.8 Å². The predicted octanol–water partition coefficient (Wildman–Crippen LogP) is 5.21. The Balaban J connectivity index is 1.85. The van der Waals surface area contributed by atoms with Gasteiger partial charge in [-0.2, -0.15) is 13.2 Å². The zero-order chi connectivity index (χ0) is 21.5. The first-order valence-electron chi connectivity index (χ1n) is 9.11. The van der Waals surface area contributed by atoms with Crippen LogP contribution in [0.2, 0.25) is 0 Å². The zero-order valence-corrected chi connectivity index (χ0v) is 17.7. The lowest BCUT2D eigenvalue weighted by atomic mass is 10.2. The van der Waals surface area contributed by atoms with Crippen molar-refractivity contribution in [3.8, 4) is 5.69 Å². The molecule has 2 aromatic heterocycles. The standard InChI is InChI=1S/C20H17F3N4OS2/c1-12(2)29-18-25-24-17(11-26-15-8-3-4-9-16(15)30-19(26)28)27(18)14-7-5-6-13(10-14)20(21,22)23/h3-10,12H,11H2,1-2H3. The van der Waals surface area contributed by atoms with Crippen molar-refractivity contribution in [1.29, 1.82) is 0 Å². The lowest BCUT2D eigenvalue weighted by Crippen LogP contribution is -2.17. The smallest absolute Gasteiger partial charge is 0.291 e. The molecule has 4 aromatic rings. The summed E-state index contributed by atoms with van der Waals surface area (Å²) in [6, 6.07) is 12.4. The van der Waals surface area contributed by atoms with E-state index in [0.29, 0.717) is 16.7 Å². The van der Waals surface area contributed by atoms with Crippen LogP contribution in [0.15, 0.2) is 58.5 Å². The third-order valence-electron chi connectivity index (χ3n) is 4.35. The third-order valence-corrected chi connectivity index (χ3v) is 6.25. The van der Waals surface area contributed by atoms with E-state index in [2.05, 4.69) is 10.2 Å². The Hall–Kier alpha value is -2.59. The maximum absolute atomic E-state index is 13.3. The van der Waals surface area contributed by atoms with Gasteiger partial charge < -0.3 is 0 Å². The highest BCUT2D eigenvalue weighted by Gasteiger charge is 2.31. The van der Waals surface area contributed by atoms with Crippen molar-refractivity contribution in [2.45, 2.75) is 37.0 Å². The van der Waals surface area contributed by atoms with Crippen LogP contribution in [0.1, 0.15) is 25.2 Å². The topological polar surface area (TPSA) is 52.7 Å². The molecule has 0 unspecified atom stereocenters. The van der Waals surface area contributed by atoms with Crippen molar-refractivity contribution < 1.29 is 13.2 Å². The number of aromatic nitrogens is 4. The second-order valence-corrected chi connectivity index (χ2v) is 9.41. The number of alkyl halides is 3. The van der Waals surface area contributed by atoms with Crippen molar-refractivity contribution in [3.05, 3.63) is 69.6 Å². The molecule has 2 aromatic carbocycles. The summed E-state index contributed by atoms with van der Waals surface area (Å²) in [5, 5.41) is 9.04. The molecule has 0 aliphatic carbocycles. The highest BCUT2D eigenvalue weighted by molar-refractivity contribution is 7.99. The molecule has 0 atom stereocenters. The van der Waals surface area contributed by atoms with E-state index in [-0.39, 0.29) is 16.7 Å². The van der Waals surface area contributed by atoms with E-state index in [1.54, 1.807) is 15.2 Å². The molecular formula is C20H17F3N4OS2. The fourth-order valence-electron chi connectivity index (χ4n) is 3.08. The van der Waals surface area contributed by atoms with Crippen molar-refractivity contribution in [3.63, 3.8) is 0 Å². The Morgan fingerprint density at radius 1 is 1.10 bits per heavy atom. The molecule has 30 heavy (non-hydrogen) atoms. The molecule has 0 radical (unpaired) electrons. The van der Waals surface area contributed by atoms with E-state index < -0.39 is 11.7 Å². The lowest BCUT2D eigenvalue weighted by Gasteiger charge is -2.14. The van der Waals surface area contributed by atoms with Crippen LogP contribution in [0, 0.1) is 0 Å². The van der Waals surface area contributed by atoms with Crippen LogP contribution in [-0.4, -0.2) is 24.6 Å². The van der Waals surface area contributed by atoms with E-state index >= 15 is 0 Å². The van der Waals surface area contributed by atoms with Crippen LogP contribution >= 0.6 is 23.1 Å². The summed E-state index contributed by atoms with van der Waals surface area (Å²) >= 11 is 2.52. The Morgan fingerprint density at radius 2 is 1.87 bits per heavy atom. The van der Waals surface area contributed by atoms with Gasteiger partial charge in [0.05, 0.1) is 28.0 Å². The van der Waals surface area contributed by atoms with Crippen molar-refractivity contribution in [1.82, 2.24) is 19.3 Å². The number of hydrogen-bond acceptors (Lipinski definition) is 5. The van der Waals surface area contributed by atoms with E-state index in [9.17, 15) is 18.0 Å². The Labute approximate surface area is 178 Å². The largest absolute Gasteiger partial charge is 0.416 e. The highest BCUT2D eigenvalue weighted by atomic mass is 32.2. The maximum Gasteiger partial charge on any atom is 0.416 e. The third kappa shape index (κ3) is 4.01. The van der Waals surface area contributed by atoms with E-state index in [1.807, 2.05) is 38.1 Å². The number of thioether (sulfide) groups is 1. The van der Waals surface area contributed by atoms with Crippen LogP contribution < -0.4 is 4.87 Å². The maximum atomic E-state index is 13.3. The first-order valence-corrected chi connectivity index (χ1v) is 10.8. The van der Waals surface area contributed by atoms with E-state index in [4.69, 9.17) is 0 Å². The average Bonchev–Trinajstić information content (AvgIpc) is 3.22. The van der Waals surface area contributed by atoms with Crippen molar-refractivity contribution >= 4 is 33.3 Å². The summed E-state index contributed by atoms with van der Waals surface area (Å²) in [4.78, 5) is 12.4. The number of thiazole rings is 1. The van der Waals surface area contributed by atoms with E-state index in [0.717, 1.165) is 33.7 Å². The fourth-order valence-corrected chi connectivity index (χ4v) is 4.79. The summed E-state index contributed by atoms with van der Waals surface area (Å²) in [6.45, 7) is 4.03. The van der Waals surface area contributed by atoms with Gasteiger partial charge in [-0.1, -0.05) is 55.1 Å². The number of benzene rings is 2. The Bertz CT molecular complexity index is 1260. The molecular weight excluding hydrogens is 433 g/mol. The van der Waals surface area contributed by atoms with Gasteiger partial charge in [-0.25, -0.2) is 0 Å². The first kappa shape index (κ1) is 20.7. The van der Waals surface area contributed by atoms with Gasteiger partial charge in [-0.3, -0.25) is 13.9 Å². The number of fused-ring (bicyclic) bond motifs is 1. The normalized spacial score (nSPS) is 12.2. The summed E-state index contributed by atoms with van der Waals surface area (Å²) in [6.07, 6.45) is -4.46. The van der Waals surface area contributed by atoms with Gasteiger partial charge in [0.25, 0.3) is 0 Å². The summed E-state index contributed by atoms with van der Waals surface area (Å²) in [5.74, 6) is 0.392. The molecule has 0 aliphatic heterocycles. The fraction of sp³-hybridized carbons (Fsp3) is 0.250.